The van der Waals surface area contributed by atoms with E-state index in [1.54, 1.807) is 6.07 Å². The molecule has 0 heterocycles. The number of halogens is 1. The molecule has 98 valence electrons. The van der Waals surface area contributed by atoms with E-state index in [9.17, 15) is 9.59 Å². The summed E-state index contributed by atoms with van der Waals surface area (Å²) in [4.78, 5) is 22.7. The third kappa shape index (κ3) is 5.79. The molecule has 1 rings (SSSR count). The van der Waals surface area contributed by atoms with Crippen molar-refractivity contribution in [3.8, 4) is 0 Å². The smallest absolute Gasteiger partial charge is 0.238 e. The Morgan fingerprint density at radius 2 is 1.94 bits per heavy atom. The van der Waals surface area contributed by atoms with Crippen molar-refractivity contribution in [2.75, 3.05) is 25.0 Å². The maximum absolute atomic E-state index is 11.5. The third-order valence-corrected chi connectivity index (χ3v) is 2.55. The quantitative estimate of drug-likeness (QED) is 0.737. The fourth-order valence-electron chi connectivity index (χ4n) is 1.32. The highest BCUT2D eigenvalue weighted by Crippen LogP contribution is 2.15. The molecule has 0 saturated carbocycles. The van der Waals surface area contributed by atoms with Crippen LogP contribution in [0.15, 0.2) is 28.7 Å². The molecule has 2 amide bonds. The zero-order valence-corrected chi connectivity index (χ0v) is 11.7. The van der Waals surface area contributed by atoms with Crippen molar-refractivity contribution in [3.63, 3.8) is 0 Å². The minimum atomic E-state index is -0.183. The fraction of sp³-hybridized carbons (Fsp3) is 0.333. The zero-order valence-electron chi connectivity index (χ0n) is 10.1. The highest BCUT2D eigenvalue weighted by Gasteiger charge is 2.04. The van der Waals surface area contributed by atoms with E-state index in [-0.39, 0.29) is 24.9 Å². The van der Waals surface area contributed by atoms with Gasteiger partial charge in [0.05, 0.1) is 13.1 Å². The van der Waals surface area contributed by atoms with Gasteiger partial charge in [-0.05, 0) is 25.1 Å². The fourth-order valence-corrected chi connectivity index (χ4v) is 1.72. The van der Waals surface area contributed by atoms with Crippen LogP contribution in [-0.2, 0) is 9.59 Å². The summed E-state index contributed by atoms with van der Waals surface area (Å²) in [6.45, 7) is 2.67. The molecular formula is C12H16BrN3O2. The number of hydrogen-bond acceptors (Lipinski definition) is 3. The molecular weight excluding hydrogens is 298 g/mol. The molecule has 0 fully saturated rings. The van der Waals surface area contributed by atoms with Crippen LogP contribution in [0, 0.1) is 0 Å². The second-order valence-electron chi connectivity index (χ2n) is 3.62. The van der Waals surface area contributed by atoms with Crippen LogP contribution in [-0.4, -0.2) is 31.4 Å². The van der Waals surface area contributed by atoms with Gasteiger partial charge in [-0.15, -0.1) is 0 Å². The normalized spacial score (nSPS) is 9.89. The van der Waals surface area contributed by atoms with Gasteiger partial charge in [0.1, 0.15) is 0 Å². The van der Waals surface area contributed by atoms with Crippen molar-refractivity contribution in [3.05, 3.63) is 28.7 Å². The molecule has 0 aromatic heterocycles. The van der Waals surface area contributed by atoms with Gasteiger partial charge in [0, 0.05) is 16.7 Å². The lowest BCUT2D eigenvalue weighted by molar-refractivity contribution is -0.120. The Morgan fingerprint density at radius 1 is 1.22 bits per heavy atom. The molecule has 0 aliphatic carbocycles. The van der Waals surface area contributed by atoms with Gasteiger partial charge in [-0.25, -0.2) is 0 Å². The first kappa shape index (κ1) is 14.7. The van der Waals surface area contributed by atoms with Gasteiger partial charge in [-0.1, -0.05) is 22.0 Å². The molecule has 18 heavy (non-hydrogen) atoms. The van der Waals surface area contributed by atoms with Crippen LogP contribution in [0.3, 0.4) is 0 Å². The van der Waals surface area contributed by atoms with E-state index < -0.39 is 0 Å². The Labute approximate surface area is 114 Å². The van der Waals surface area contributed by atoms with Crippen molar-refractivity contribution in [2.45, 2.75) is 6.92 Å². The molecule has 0 radical (unpaired) electrons. The topological polar surface area (TPSA) is 70.2 Å². The maximum atomic E-state index is 11.5. The molecule has 0 aliphatic rings. The van der Waals surface area contributed by atoms with Gasteiger partial charge < -0.3 is 10.6 Å². The molecule has 0 unspecified atom stereocenters. The van der Waals surface area contributed by atoms with E-state index in [1.807, 2.05) is 25.1 Å². The number of anilines is 1. The van der Waals surface area contributed by atoms with Crippen molar-refractivity contribution < 1.29 is 9.59 Å². The summed E-state index contributed by atoms with van der Waals surface area (Å²) in [6, 6.07) is 7.32. The summed E-state index contributed by atoms with van der Waals surface area (Å²) in [6.07, 6.45) is 0. The first-order valence-corrected chi connectivity index (χ1v) is 6.44. The molecule has 5 nitrogen and oxygen atoms in total. The lowest BCUT2D eigenvalue weighted by atomic mass is 10.3. The van der Waals surface area contributed by atoms with E-state index in [0.717, 1.165) is 4.47 Å². The second-order valence-corrected chi connectivity index (χ2v) is 4.53. The number of nitrogens with one attached hydrogen (secondary N) is 3. The summed E-state index contributed by atoms with van der Waals surface area (Å²) in [5.74, 6) is -0.301. The maximum Gasteiger partial charge on any atom is 0.238 e. The number of benzene rings is 1. The molecule has 1 aromatic carbocycles. The molecule has 0 bridgehead atoms. The van der Waals surface area contributed by atoms with E-state index in [1.165, 1.54) is 0 Å². The number of rotatable bonds is 6. The summed E-state index contributed by atoms with van der Waals surface area (Å²) < 4.78 is 0.899. The zero-order chi connectivity index (χ0) is 13.4. The van der Waals surface area contributed by atoms with Crippen molar-refractivity contribution in [1.29, 1.82) is 0 Å². The Kier molecular flexibility index (Phi) is 6.38. The number of carbonyl (C=O) groups excluding carboxylic acids is 2. The molecule has 0 spiro atoms. The Morgan fingerprint density at radius 3 is 2.61 bits per heavy atom. The Hall–Kier alpha value is -1.40. The van der Waals surface area contributed by atoms with Crippen LogP contribution >= 0.6 is 15.9 Å². The first-order valence-electron chi connectivity index (χ1n) is 5.64. The van der Waals surface area contributed by atoms with Crippen LogP contribution in [0.5, 0.6) is 0 Å². The number of amides is 2. The summed E-state index contributed by atoms with van der Waals surface area (Å²) >= 11 is 3.32. The van der Waals surface area contributed by atoms with E-state index in [4.69, 9.17) is 0 Å². The Bertz CT molecular complexity index is 424. The molecule has 0 aliphatic heterocycles. The average molecular weight is 314 g/mol. The van der Waals surface area contributed by atoms with E-state index >= 15 is 0 Å². The van der Waals surface area contributed by atoms with E-state index in [2.05, 4.69) is 31.9 Å². The summed E-state index contributed by atoms with van der Waals surface area (Å²) in [7, 11) is 0. The van der Waals surface area contributed by atoms with E-state index in [0.29, 0.717) is 12.2 Å². The minimum Gasteiger partial charge on any atom is -0.355 e. The van der Waals surface area contributed by atoms with Crippen LogP contribution in [0.1, 0.15) is 6.92 Å². The average Bonchev–Trinajstić information content (AvgIpc) is 2.29. The van der Waals surface area contributed by atoms with Crippen molar-refractivity contribution >= 4 is 33.4 Å². The van der Waals surface area contributed by atoms with Crippen LogP contribution < -0.4 is 16.0 Å². The minimum absolute atomic E-state index is 0.101. The second kappa shape index (κ2) is 7.84. The molecule has 3 N–H and O–H groups in total. The highest BCUT2D eigenvalue weighted by molar-refractivity contribution is 9.10. The number of carbonyl (C=O) groups is 2. The number of hydrogen-bond donors (Lipinski definition) is 3. The van der Waals surface area contributed by atoms with Crippen LogP contribution in [0.2, 0.25) is 0 Å². The summed E-state index contributed by atoms with van der Waals surface area (Å²) in [5, 5.41) is 8.13. The lowest BCUT2D eigenvalue weighted by Crippen LogP contribution is -2.37. The Balaban J connectivity index is 2.28. The van der Waals surface area contributed by atoms with Crippen molar-refractivity contribution in [1.82, 2.24) is 10.6 Å². The lowest BCUT2D eigenvalue weighted by Gasteiger charge is -2.07. The van der Waals surface area contributed by atoms with Gasteiger partial charge in [0.15, 0.2) is 0 Å². The van der Waals surface area contributed by atoms with Gasteiger partial charge in [-0.3, -0.25) is 14.9 Å². The largest absolute Gasteiger partial charge is 0.355 e. The van der Waals surface area contributed by atoms with Gasteiger partial charge in [0.2, 0.25) is 11.8 Å². The third-order valence-electron chi connectivity index (χ3n) is 2.05. The molecule has 1 aromatic rings. The standard InChI is InChI=1S/C12H16BrN3O2/c1-2-15-11(17)7-14-8-12(18)16-10-5-3-4-9(13)6-10/h3-6,14H,2,7-8H2,1H3,(H,15,17)(H,16,18). The van der Waals surface area contributed by atoms with Gasteiger partial charge >= 0.3 is 0 Å². The van der Waals surface area contributed by atoms with Crippen molar-refractivity contribution in [2.24, 2.45) is 0 Å². The van der Waals surface area contributed by atoms with Crippen LogP contribution in [0.4, 0.5) is 5.69 Å². The predicted octanol–water partition coefficient (Wildman–Crippen LogP) is 1.11. The molecule has 6 heteroatoms. The molecule has 0 atom stereocenters. The SMILES string of the molecule is CCNC(=O)CNCC(=O)Nc1cccc(Br)c1. The number of likely N-dealkylation sites (N-methyl/N-ethyl adjacent to an activating group) is 1. The van der Waals surface area contributed by atoms with Gasteiger partial charge in [-0.2, -0.15) is 0 Å². The summed E-state index contributed by atoms with van der Waals surface area (Å²) in [5.41, 5.74) is 0.717. The van der Waals surface area contributed by atoms with Gasteiger partial charge in [0.25, 0.3) is 0 Å². The molecule has 0 saturated heterocycles. The monoisotopic (exact) mass is 313 g/mol. The van der Waals surface area contributed by atoms with Crippen LogP contribution in [0.25, 0.3) is 0 Å². The highest BCUT2D eigenvalue weighted by atomic mass is 79.9. The first-order chi connectivity index (χ1) is 8.61. The predicted molar refractivity (Wildman–Crippen MR) is 74.3 cm³/mol.